The first-order valence-electron chi connectivity index (χ1n) is 5.67. The van der Waals surface area contributed by atoms with Gasteiger partial charge in [-0.3, -0.25) is 0 Å². The van der Waals surface area contributed by atoms with Gasteiger partial charge in [0.25, 0.3) is 0 Å². The van der Waals surface area contributed by atoms with Crippen molar-refractivity contribution in [3.8, 4) is 5.75 Å². The Hall–Kier alpha value is -2.17. The van der Waals surface area contributed by atoms with E-state index in [4.69, 9.17) is 0 Å². The molecule has 0 amide bonds. The summed E-state index contributed by atoms with van der Waals surface area (Å²) in [6, 6.07) is 6.48. The third kappa shape index (κ3) is 2.99. The SMILES string of the molecule is CC(Nc1ccc(F)c(F)c1)c1cc(F)ccc1O. The Morgan fingerprint density at radius 1 is 1.00 bits per heavy atom. The van der Waals surface area contributed by atoms with Gasteiger partial charge < -0.3 is 10.4 Å². The van der Waals surface area contributed by atoms with Gasteiger partial charge in [-0.1, -0.05) is 0 Å². The first-order valence-corrected chi connectivity index (χ1v) is 5.67. The summed E-state index contributed by atoms with van der Waals surface area (Å²) in [5, 5.41) is 12.5. The molecule has 2 aromatic rings. The lowest BCUT2D eigenvalue weighted by Crippen LogP contribution is -2.07. The minimum atomic E-state index is -0.972. The van der Waals surface area contributed by atoms with Crippen molar-refractivity contribution in [1.29, 1.82) is 0 Å². The maximum absolute atomic E-state index is 13.1. The molecule has 2 nitrogen and oxygen atoms in total. The second-order valence-electron chi connectivity index (χ2n) is 4.20. The van der Waals surface area contributed by atoms with Crippen LogP contribution < -0.4 is 5.32 Å². The van der Waals surface area contributed by atoms with Crippen molar-refractivity contribution < 1.29 is 18.3 Å². The van der Waals surface area contributed by atoms with Crippen LogP contribution in [0, 0.1) is 17.5 Å². The molecular formula is C14H12F3NO. The van der Waals surface area contributed by atoms with Crippen LogP contribution in [-0.2, 0) is 0 Å². The summed E-state index contributed by atoms with van der Waals surface area (Å²) in [5.74, 6) is -2.46. The summed E-state index contributed by atoms with van der Waals surface area (Å²) in [7, 11) is 0. The van der Waals surface area contributed by atoms with Crippen molar-refractivity contribution in [2.75, 3.05) is 5.32 Å². The van der Waals surface area contributed by atoms with Gasteiger partial charge in [-0.05, 0) is 37.3 Å². The molecule has 5 heteroatoms. The summed E-state index contributed by atoms with van der Waals surface area (Å²) in [5.41, 5.74) is 0.680. The summed E-state index contributed by atoms with van der Waals surface area (Å²) >= 11 is 0. The van der Waals surface area contributed by atoms with Gasteiger partial charge in [0.05, 0.1) is 6.04 Å². The Labute approximate surface area is 108 Å². The lowest BCUT2D eigenvalue weighted by Gasteiger charge is -2.17. The van der Waals surface area contributed by atoms with Gasteiger partial charge in [0.15, 0.2) is 11.6 Å². The number of aromatic hydroxyl groups is 1. The van der Waals surface area contributed by atoms with E-state index in [1.54, 1.807) is 6.92 Å². The quantitative estimate of drug-likeness (QED) is 0.881. The Morgan fingerprint density at radius 3 is 2.42 bits per heavy atom. The van der Waals surface area contributed by atoms with Gasteiger partial charge in [-0.15, -0.1) is 0 Å². The highest BCUT2D eigenvalue weighted by atomic mass is 19.2. The van der Waals surface area contributed by atoms with Crippen LogP contribution in [0.3, 0.4) is 0 Å². The normalized spacial score (nSPS) is 12.2. The number of benzene rings is 2. The van der Waals surface area contributed by atoms with Crippen molar-refractivity contribution in [2.45, 2.75) is 13.0 Å². The van der Waals surface area contributed by atoms with Crippen molar-refractivity contribution in [1.82, 2.24) is 0 Å². The minimum absolute atomic E-state index is 0.0658. The van der Waals surface area contributed by atoms with Gasteiger partial charge >= 0.3 is 0 Å². The van der Waals surface area contributed by atoms with Gasteiger partial charge in [0.2, 0.25) is 0 Å². The Kier molecular flexibility index (Phi) is 3.64. The van der Waals surface area contributed by atoms with E-state index in [2.05, 4.69) is 5.32 Å². The summed E-state index contributed by atoms with van der Waals surface area (Å²) in [4.78, 5) is 0. The molecule has 0 aliphatic rings. The van der Waals surface area contributed by atoms with Crippen LogP contribution in [0.1, 0.15) is 18.5 Å². The topological polar surface area (TPSA) is 32.3 Å². The first-order chi connectivity index (χ1) is 8.97. The van der Waals surface area contributed by atoms with Crippen LogP contribution in [0.25, 0.3) is 0 Å². The third-order valence-electron chi connectivity index (χ3n) is 2.76. The number of halogens is 3. The third-order valence-corrected chi connectivity index (χ3v) is 2.76. The zero-order valence-electron chi connectivity index (χ0n) is 10.1. The molecular weight excluding hydrogens is 255 g/mol. The molecule has 0 aliphatic heterocycles. The molecule has 2 N–H and O–H groups in total. The van der Waals surface area contributed by atoms with Gasteiger partial charge in [-0.2, -0.15) is 0 Å². The van der Waals surface area contributed by atoms with Crippen LogP contribution in [0.2, 0.25) is 0 Å². The molecule has 0 saturated carbocycles. The lowest BCUT2D eigenvalue weighted by molar-refractivity contribution is 0.462. The molecule has 0 heterocycles. The highest BCUT2D eigenvalue weighted by molar-refractivity contribution is 5.47. The van der Waals surface area contributed by atoms with E-state index in [0.29, 0.717) is 11.3 Å². The molecule has 0 radical (unpaired) electrons. The van der Waals surface area contributed by atoms with E-state index in [-0.39, 0.29) is 5.75 Å². The van der Waals surface area contributed by atoms with Gasteiger partial charge in [0.1, 0.15) is 11.6 Å². The average Bonchev–Trinajstić information content (AvgIpc) is 2.36. The van der Waals surface area contributed by atoms with Crippen LogP contribution in [0.4, 0.5) is 18.9 Å². The van der Waals surface area contributed by atoms with Crippen molar-refractivity contribution in [3.05, 3.63) is 59.4 Å². The Balaban J connectivity index is 2.22. The number of phenols is 1. The molecule has 0 saturated heterocycles. The van der Waals surface area contributed by atoms with Gasteiger partial charge in [0, 0.05) is 17.3 Å². The maximum Gasteiger partial charge on any atom is 0.160 e. The van der Waals surface area contributed by atoms with E-state index in [1.165, 1.54) is 18.2 Å². The number of phenolic OH excluding ortho intramolecular Hbond substituents is 1. The molecule has 0 bridgehead atoms. The number of hydrogen-bond donors (Lipinski definition) is 2. The second-order valence-corrected chi connectivity index (χ2v) is 4.20. The van der Waals surface area contributed by atoms with E-state index >= 15 is 0 Å². The van der Waals surface area contributed by atoms with Crippen LogP contribution in [0.5, 0.6) is 5.75 Å². The monoisotopic (exact) mass is 267 g/mol. The van der Waals surface area contributed by atoms with Crippen molar-refractivity contribution >= 4 is 5.69 Å². The molecule has 0 fully saturated rings. The smallest absolute Gasteiger partial charge is 0.160 e. The van der Waals surface area contributed by atoms with Crippen LogP contribution in [-0.4, -0.2) is 5.11 Å². The molecule has 0 aromatic heterocycles. The molecule has 1 atom stereocenters. The van der Waals surface area contributed by atoms with Crippen molar-refractivity contribution in [3.63, 3.8) is 0 Å². The van der Waals surface area contributed by atoms with E-state index in [0.717, 1.165) is 18.2 Å². The van der Waals surface area contributed by atoms with Crippen LogP contribution >= 0.6 is 0 Å². The fourth-order valence-electron chi connectivity index (χ4n) is 1.79. The minimum Gasteiger partial charge on any atom is -0.508 e. The molecule has 2 aromatic carbocycles. The molecule has 0 spiro atoms. The molecule has 0 aliphatic carbocycles. The fourth-order valence-corrected chi connectivity index (χ4v) is 1.79. The summed E-state index contributed by atoms with van der Waals surface area (Å²) < 4.78 is 38.9. The summed E-state index contributed by atoms with van der Waals surface area (Å²) in [6.07, 6.45) is 0. The molecule has 2 rings (SSSR count). The molecule has 100 valence electrons. The van der Waals surface area contributed by atoms with E-state index < -0.39 is 23.5 Å². The Bertz CT molecular complexity index is 601. The number of rotatable bonds is 3. The number of anilines is 1. The first kappa shape index (κ1) is 13.3. The molecule has 1 unspecified atom stereocenters. The van der Waals surface area contributed by atoms with E-state index in [1.807, 2.05) is 0 Å². The standard InChI is InChI=1S/C14H12F3NO/c1-8(11-6-9(15)2-5-14(11)19)18-10-3-4-12(16)13(17)7-10/h2-8,18-19H,1H3. The highest BCUT2D eigenvalue weighted by Gasteiger charge is 2.12. The predicted molar refractivity (Wildman–Crippen MR) is 66.5 cm³/mol. The number of hydrogen-bond acceptors (Lipinski definition) is 2. The highest BCUT2D eigenvalue weighted by Crippen LogP contribution is 2.28. The van der Waals surface area contributed by atoms with Crippen LogP contribution in [0.15, 0.2) is 36.4 Å². The van der Waals surface area contributed by atoms with Crippen molar-refractivity contribution in [2.24, 2.45) is 0 Å². The zero-order valence-corrected chi connectivity index (χ0v) is 10.1. The second kappa shape index (κ2) is 5.22. The zero-order chi connectivity index (χ0) is 14.0. The Morgan fingerprint density at radius 2 is 1.74 bits per heavy atom. The summed E-state index contributed by atoms with van der Waals surface area (Å²) in [6.45, 7) is 1.68. The maximum atomic E-state index is 13.1. The molecule has 19 heavy (non-hydrogen) atoms. The lowest BCUT2D eigenvalue weighted by atomic mass is 10.1. The fraction of sp³-hybridized carbons (Fsp3) is 0.143. The number of nitrogens with one attached hydrogen (secondary N) is 1. The van der Waals surface area contributed by atoms with Gasteiger partial charge in [-0.25, -0.2) is 13.2 Å². The average molecular weight is 267 g/mol. The van der Waals surface area contributed by atoms with E-state index in [9.17, 15) is 18.3 Å². The largest absolute Gasteiger partial charge is 0.508 e. The predicted octanol–water partition coefficient (Wildman–Crippen LogP) is 3.98.